The van der Waals surface area contributed by atoms with Crippen molar-refractivity contribution in [3.63, 3.8) is 0 Å². The van der Waals surface area contributed by atoms with Gasteiger partial charge in [-0.1, -0.05) is 28.4 Å². The van der Waals surface area contributed by atoms with Crippen molar-refractivity contribution in [1.82, 2.24) is 15.5 Å². The Balaban J connectivity index is 2.07. The van der Waals surface area contributed by atoms with E-state index in [4.69, 9.17) is 27.7 Å². The summed E-state index contributed by atoms with van der Waals surface area (Å²) in [6.45, 7) is 3.98. The second kappa shape index (κ2) is 5.86. The van der Waals surface area contributed by atoms with E-state index in [9.17, 15) is 4.39 Å². The van der Waals surface area contributed by atoms with Gasteiger partial charge in [0.05, 0.1) is 11.6 Å². The third-order valence-electron chi connectivity index (χ3n) is 2.64. The van der Waals surface area contributed by atoms with E-state index >= 15 is 0 Å². The molecular formula is C12H12Cl2FN3O. The molecule has 0 aliphatic carbocycles. The van der Waals surface area contributed by atoms with Gasteiger partial charge >= 0.3 is 0 Å². The standard InChI is InChI=1S/C12H12Cl2FN3O/c1-6(16-5-12-17-7(2)19-18-12)8-3-11(15)10(14)4-9(8)13/h3-4,6,16H,5H2,1-2H3. The van der Waals surface area contributed by atoms with Crippen LogP contribution >= 0.6 is 23.2 Å². The van der Waals surface area contributed by atoms with Crippen LogP contribution in [0.25, 0.3) is 0 Å². The number of hydrogen-bond acceptors (Lipinski definition) is 4. The monoisotopic (exact) mass is 303 g/mol. The highest BCUT2D eigenvalue weighted by Gasteiger charge is 2.14. The molecule has 7 heteroatoms. The highest BCUT2D eigenvalue weighted by atomic mass is 35.5. The first-order valence-corrected chi connectivity index (χ1v) is 6.40. The quantitative estimate of drug-likeness (QED) is 0.876. The lowest BCUT2D eigenvalue weighted by molar-refractivity contribution is 0.384. The zero-order valence-corrected chi connectivity index (χ0v) is 11.9. The highest BCUT2D eigenvalue weighted by Crippen LogP contribution is 2.28. The normalized spacial score (nSPS) is 12.7. The molecule has 0 aliphatic heterocycles. The van der Waals surface area contributed by atoms with Crippen LogP contribution in [0.3, 0.4) is 0 Å². The first kappa shape index (κ1) is 14.2. The minimum absolute atomic E-state index is 0.00902. The molecule has 1 atom stereocenters. The largest absolute Gasteiger partial charge is 0.340 e. The average Bonchev–Trinajstić information content (AvgIpc) is 2.77. The van der Waals surface area contributed by atoms with Gasteiger partial charge in [0.25, 0.3) is 0 Å². The third kappa shape index (κ3) is 3.43. The van der Waals surface area contributed by atoms with Crippen LogP contribution in [-0.2, 0) is 6.54 Å². The molecule has 1 aromatic heterocycles. The molecule has 102 valence electrons. The lowest BCUT2D eigenvalue weighted by atomic mass is 10.1. The van der Waals surface area contributed by atoms with Crippen molar-refractivity contribution in [2.24, 2.45) is 0 Å². The van der Waals surface area contributed by atoms with Crippen LogP contribution in [0, 0.1) is 12.7 Å². The second-order valence-electron chi connectivity index (χ2n) is 4.12. The summed E-state index contributed by atoms with van der Waals surface area (Å²) in [7, 11) is 0. The third-order valence-corrected chi connectivity index (χ3v) is 3.26. The van der Waals surface area contributed by atoms with Crippen molar-refractivity contribution in [1.29, 1.82) is 0 Å². The van der Waals surface area contributed by atoms with E-state index in [2.05, 4.69) is 15.5 Å². The van der Waals surface area contributed by atoms with Gasteiger partial charge in [0.2, 0.25) is 5.89 Å². The van der Waals surface area contributed by atoms with Crippen molar-refractivity contribution in [2.45, 2.75) is 26.4 Å². The Morgan fingerprint density at radius 2 is 2.11 bits per heavy atom. The summed E-state index contributed by atoms with van der Waals surface area (Å²) in [5.41, 5.74) is 0.629. The molecule has 0 radical (unpaired) electrons. The van der Waals surface area contributed by atoms with Gasteiger partial charge in [-0.05, 0) is 24.6 Å². The van der Waals surface area contributed by atoms with Crippen molar-refractivity contribution in [2.75, 3.05) is 0 Å². The number of hydrogen-bond donors (Lipinski definition) is 1. The number of rotatable bonds is 4. The summed E-state index contributed by atoms with van der Waals surface area (Å²) in [5, 5.41) is 7.32. The summed E-state index contributed by atoms with van der Waals surface area (Å²) < 4.78 is 18.3. The molecule has 1 aromatic carbocycles. The fraction of sp³-hybridized carbons (Fsp3) is 0.333. The number of nitrogens with zero attached hydrogens (tertiary/aromatic N) is 2. The molecule has 1 heterocycles. The van der Waals surface area contributed by atoms with E-state index in [0.29, 0.717) is 28.8 Å². The molecule has 4 nitrogen and oxygen atoms in total. The van der Waals surface area contributed by atoms with Crippen molar-refractivity contribution >= 4 is 23.2 Å². The van der Waals surface area contributed by atoms with Gasteiger partial charge in [-0.15, -0.1) is 0 Å². The van der Waals surface area contributed by atoms with Crippen molar-refractivity contribution < 1.29 is 8.91 Å². The molecule has 1 N–H and O–H groups in total. The van der Waals surface area contributed by atoms with Crippen LogP contribution in [0.5, 0.6) is 0 Å². The molecular weight excluding hydrogens is 292 g/mol. The topological polar surface area (TPSA) is 51.0 Å². The van der Waals surface area contributed by atoms with Crippen LogP contribution in [0.15, 0.2) is 16.7 Å². The van der Waals surface area contributed by atoms with Gasteiger partial charge in [-0.25, -0.2) is 4.39 Å². The fourth-order valence-corrected chi connectivity index (χ4v) is 2.18. The summed E-state index contributed by atoms with van der Waals surface area (Å²) in [4.78, 5) is 4.06. The van der Waals surface area contributed by atoms with E-state index < -0.39 is 5.82 Å². The first-order chi connectivity index (χ1) is 8.97. The molecule has 0 saturated heterocycles. The number of nitrogens with one attached hydrogen (secondary N) is 1. The fourth-order valence-electron chi connectivity index (χ4n) is 1.64. The highest BCUT2D eigenvalue weighted by molar-refractivity contribution is 6.35. The number of halogens is 3. The average molecular weight is 304 g/mol. The SMILES string of the molecule is Cc1nc(CNC(C)c2cc(F)c(Cl)cc2Cl)no1. The zero-order chi connectivity index (χ0) is 14.0. The molecule has 0 amide bonds. The maximum absolute atomic E-state index is 13.4. The van der Waals surface area contributed by atoms with E-state index in [1.807, 2.05) is 6.92 Å². The van der Waals surface area contributed by atoms with Gasteiger partial charge in [0.15, 0.2) is 5.82 Å². The van der Waals surface area contributed by atoms with Crippen LogP contribution in [0.4, 0.5) is 4.39 Å². The zero-order valence-electron chi connectivity index (χ0n) is 10.4. The minimum Gasteiger partial charge on any atom is -0.340 e. The molecule has 0 aliphatic rings. The maximum Gasteiger partial charge on any atom is 0.223 e. The van der Waals surface area contributed by atoms with Gasteiger partial charge in [-0.2, -0.15) is 4.98 Å². The first-order valence-electron chi connectivity index (χ1n) is 5.64. The Kier molecular flexibility index (Phi) is 4.39. The lowest BCUT2D eigenvalue weighted by Crippen LogP contribution is -2.19. The van der Waals surface area contributed by atoms with E-state index in [0.717, 1.165) is 0 Å². The predicted molar refractivity (Wildman–Crippen MR) is 70.7 cm³/mol. The maximum atomic E-state index is 13.4. The number of benzene rings is 1. The van der Waals surface area contributed by atoms with Crippen LogP contribution in [0.1, 0.15) is 30.2 Å². The Bertz CT molecular complexity index is 588. The molecule has 2 aromatic rings. The second-order valence-corrected chi connectivity index (χ2v) is 4.93. The van der Waals surface area contributed by atoms with Gasteiger partial charge < -0.3 is 9.84 Å². The molecule has 0 fully saturated rings. The van der Waals surface area contributed by atoms with Crippen LogP contribution < -0.4 is 5.32 Å². The molecule has 0 saturated carbocycles. The predicted octanol–water partition coefficient (Wildman–Crippen LogP) is 3.67. The van der Waals surface area contributed by atoms with Gasteiger partial charge in [0.1, 0.15) is 5.82 Å². The van der Waals surface area contributed by atoms with Gasteiger partial charge in [-0.3, -0.25) is 0 Å². The van der Waals surface area contributed by atoms with Crippen LogP contribution in [-0.4, -0.2) is 10.1 Å². The Labute approximate surface area is 119 Å². The van der Waals surface area contributed by atoms with Crippen LogP contribution in [0.2, 0.25) is 10.0 Å². The number of aryl methyl sites for hydroxylation is 1. The van der Waals surface area contributed by atoms with E-state index in [1.54, 1.807) is 6.92 Å². The summed E-state index contributed by atoms with van der Waals surface area (Å²) in [6, 6.07) is 2.55. The number of aromatic nitrogens is 2. The minimum atomic E-state index is -0.495. The summed E-state index contributed by atoms with van der Waals surface area (Å²) in [6.07, 6.45) is 0. The summed E-state index contributed by atoms with van der Waals surface area (Å²) >= 11 is 11.7. The van der Waals surface area contributed by atoms with Gasteiger partial charge in [0, 0.05) is 18.0 Å². The lowest BCUT2D eigenvalue weighted by Gasteiger charge is -2.15. The molecule has 0 spiro atoms. The molecule has 2 rings (SSSR count). The van der Waals surface area contributed by atoms with E-state index in [1.165, 1.54) is 12.1 Å². The van der Waals surface area contributed by atoms with Crippen molar-refractivity contribution in [3.05, 3.63) is 45.3 Å². The summed E-state index contributed by atoms with van der Waals surface area (Å²) in [5.74, 6) is 0.542. The smallest absolute Gasteiger partial charge is 0.223 e. The Morgan fingerprint density at radius 1 is 1.37 bits per heavy atom. The van der Waals surface area contributed by atoms with Crippen molar-refractivity contribution in [3.8, 4) is 0 Å². The molecule has 0 bridgehead atoms. The molecule has 1 unspecified atom stereocenters. The molecule has 19 heavy (non-hydrogen) atoms. The Hall–Kier alpha value is -1.17. The Morgan fingerprint density at radius 3 is 2.74 bits per heavy atom. The van der Waals surface area contributed by atoms with E-state index in [-0.39, 0.29) is 11.1 Å².